The molecule has 2 rings (SSSR count). The Kier molecular flexibility index (Phi) is 7.84. The molecule has 2 N–H and O–H groups in total. The van der Waals surface area contributed by atoms with Crippen molar-refractivity contribution >= 4 is 17.9 Å². The number of hydrogen-bond acceptors (Lipinski definition) is 4. The van der Waals surface area contributed by atoms with E-state index in [1.165, 1.54) is 0 Å². The molecule has 1 fully saturated rings. The first-order valence-electron chi connectivity index (χ1n) is 9.85. The first kappa shape index (κ1) is 21.7. The van der Waals surface area contributed by atoms with Gasteiger partial charge in [-0.2, -0.15) is 0 Å². The molecule has 1 saturated heterocycles. The zero-order valence-electron chi connectivity index (χ0n) is 17.0. The summed E-state index contributed by atoms with van der Waals surface area (Å²) in [6, 6.07) is 9.08. The number of nitrogens with one attached hydrogen (secondary N) is 2. The molecule has 0 radical (unpaired) electrons. The van der Waals surface area contributed by atoms with Crippen molar-refractivity contribution in [1.82, 2.24) is 15.5 Å². The van der Waals surface area contributed by atoms with Crippen LogP contribution >= 0.6 is 0 Å². The normalized spacial score (nSPS) is 15.0. The molecule has 0 aromatic heterocycles. The lowest BCUT2D eigenvalue weighted by atomic mass is 10.1. The third kappa shape index (κ3) is 7.58. The number of carbonyl (C=O) groups is 3. The second-order valence-corrected chi connectivity index (χ2v) is 8.03. The molecule has 0 saturated carbocycles. The molecular weight excluding hydrogens is 358 g/mol. The van der Waals surface area contributed by atoms with Crippen molar-refractivity contribution in [2.45, 2.75) is 58.1 Å². The van der Waals surface area contributed by atoms with Crippen LogP contribution in [0.2, 0.25) is 0 Å². The Labute approximate surface area is 166 Å². The molecule has 1 aromatic carbocycles. The molecule has 0 aliphatic carbocycles. The first-order valence-corrected chi connectivity index (χ1v) is 9.85. The second-order valence-electron chi connectivity index (χ2n) is 8.03. The highest BCUT2D eigenvalue weighted by atomic mass is 16.6. The Morgan fingerprint density at radius 2 is 1.75 bits per heavy atom. The molecule has 154 valence electrons. The molecule has 1 aliphatic heterocycles. The van der Waals surface area contributed by atoms with Crippen molar-refractivity contribution < 1.29 is 19.1 Å². The molecular formula is C21H31N3O4. The number of nitrogens with zero attached hydrogens (tertiary/aromatic N) is 1. The summed E-state index contributed by atoms with van der Waals surface area (Å²) >= 11 is 0. The fourth-order valence-corrected chi connectivity index (χ4v) is 2.98. The van der Waals surface area contributed by atoms with Crippen LogP contribution < -0.4 is 10.6 Å². The molecule has 0 unspecified atom stereocenters. The van der Waals surface area contributed by atoms with Crippen LogP contribution in [-0.2, 0) is 9.53 Å². The lowest BCUT2D eigenvalue weighted by Crippen LogP contribution is -2.47. The smallest absolute Gasteiger partial charge is 0.410 e. The van der Waals surface area contributed by atoms with E-state index < -0.39 is 5.60 Å². The zero-order chi connectivity index (χ0) is 20.6. The predicted octanol–water partition coefficient (Wildman–Crippen LogP) is 2.71. The lowest BCUT2D eigenvalue weighted by molar-refractivity contribution is -0.122. The molecule has 1 aliphatic rings. The molecule has 0 bridgehead atoms. The number of carbonyl (C=O) groups excluding carboxylic acids is 3. The van der Waals surface area contributed by atoms with E-state index in [1.54, 1.807) is 17.0 Å². The van der Waals surface area contributed by atoms with E-state index >= 15 is 0 Å². The average molecular weight is 389 g/mol. The summed E-state index contributed by atoms with van der Waals surface area (Å²) in [5.41, 5.74) is 0.113. The number of rotatable bonds is 6. The maximum absolute atomic E-state index is 12.1. The van der Waals surface area contributed by atoms with Crippen molar-refractivity contribution in [3.63, 3.8) is 0 Å². The van der Waals surface area contributed by atoms with E-state index in [9.17, 15) is 14.4 Å². The van der Waals surface area contributed by atoms with Crippen LogP contribution in [0.5, 0.6) is 0 Å². The number of benzene rings is 1. The zero-order valence-corrected chi connectivity index (χ0v) is 17.0. The number of hydrogen-bond donors (Lipinski definition) is 2. The SMILES string of the molecule is CC(C)(C)OC(=O)N1CCC(NC(=O)CCCNC(=O)c2ccccc2)CC1. The van der Waals surface area contributed by atoms with E-state index in [0.717, 1.165) is 12.8 Å². The molecule has 7 nitrogen and oxygen atoms in total. The van der Waals surface area contributed by atoms with Crippen molar-refractivity contribution in [3.05, 3.63) is 35.9 Å². The van der Waals surface area contributed by atoms with E-state index in [-0.39, 0.29) is 23.9 Å². The highest BCUT2D eigenvalue weighted by molar-refractivity contribution is 5.94. The fraction of sp³-hybridized carbons (Fsp3) is 0.571. The highest BCUT2D eigenvalue weighted by Gasteiger charge is 2.27. The van der Waals surface area contributed by atoms with Crippen LogP contribution in [0.3, 0.4) is 0 Å². The number of likely N-dealkylation sites (tertiary alicyclic amines) is 1. The Morgan fingerprint density at radius 3 is 2.36 bits per heavy atom. The third-order valence-corrected chi connectivity index (χ3v) is 4.41. The summed E-state index contributed by atoms with van der Waals surface area (Å²) in [6.07, 6.45) is 2.08. The van der Waals surface area contributed by atoms with Gasteiger partial charge in [0.15, 0.2) is 0 Å². The Morgan fingerprint density at radius 1 is 1.11 bits per heavy atom. The standard InChI is InChI=1S/C21H31N3O4/c1-21(2,3)28-20(27)24-14-11-17(12-15-24)23-18(25)10-7-13-22-19(26)16-8-5-4-6-9-16/h4-6,8-9,17H,7,10-15H2,1-3H3,(H,22,26)(H,23,25). The van der Waals surface area contributed by atoms with Crippen molar-refractivity contribution in [2.75, 3.05) is 19.6 Å². The molecule has 28 heavy (non-hydrogen) atoms. The Bertz CT molecular complexity index is 662. The van der Waals surface area contributed by atoms with E-state index in [2.05, 4.69) is 10.6 Å². The fourth-order valence-electron chi connectivity index (χ4n) is 2.98. The van der Waals surface area contributed by atoms with Gasteiger partial charge in [0.1, 0.15) is 5.60 Å². The molecule has 1 heterocycles. The van der Waals surface area contributed by atoms with Crippen LogP contribution in [-0.4, -0.2) is 54.1 Å². The summed E-state index contributed by atoms with van der Waals surface area (Å²) in [6.45, 7) is 7.15. The Balaban J connectivity index is 1.60. The van der Waals surface area contributed by atoms with Crippen LogP contribution in [0, 0.1) is 0 Å². The van der Waals surface area contributed by atoms with Gasteiger partial charge < -0.3 is 20.3 Å². The summed E-state index contributed by atoms with van der Waals surface area (Å²) in [7, 11) is 0. The van der Waals surface area contributed by atoms with E-state index in [1.807, 2.05) is 39.0 Å². The third-order valence-electron chi connectivity index (χ3n) is 4.41. The van der Waals surface area contributed by atoms with Gasteiger partial charge >= 0.3 is 6.09 Å². The summed E-state index contributed by atoms with van der Waals surface area (Å²) < 4.78 is 5.38. The second kappa shape index (κ2) is 10.1. The molecule has 0 spiro atoms. The molecule has 7 heteroatoms. The molecule has 0 atom stereocenters. The minimum Gasteiger partial charge on any atom is -0.444 e. The Hall–Kier alpha value is -2.57. The highest BCUT2D eigenvalue weighted by Crippen LogP contribution is 2.15. The van der Waals surface area contributed by atoms with Gasteiger partial charge in [0, 0.05) is 37.7 Å². The quantitative estimate of drug-likeness (QED) is 0.733. The van der Waals surface area contributed by atoms with E-state index in [0.29, 0.717) is 38.0 Å². The maximum atomic E-state index is 12.1. The van der Waals surface area contributed by atoms with Crippen molar-refractivity contribution in [1.29, 1.82) is 0 Å². The number of ether oxygens (including phenoxy) is 1. The van der Waals surface area contributed by atoms with Gasteiger partial charge in [0.05, 0.1) is 0 Å². The monoisotopic (exact) mass is 389 g/mol. The predicted molar refractivity (Wildman–Crippen MR) is 107 cm³/mol. The van der Waals surface area contributed by atoms with Gasteiger partial charge in [-0.3, -0.25) is 9.59 Å². The molecule has 3 amide bonds. The number of amides is 3. The van der Waals surface area contributed by atoms with Gasteiger partial charge in [-0.15, -0.1) is 0 Å². The van der Waals surface area contributed by atoms with Crippen molar-refractivity contribution in [3.8, 4) is 0 Å². The molecule has 1 aromatic rings. The minimum absolute atomic E-state index is 0.0234. The van der Waals surface area contributed by atoms with E-state index in [4.69, 9.17) is 4.74 Å². The van der Waals surface area contributed by atoms with Gasteiger partial charge in [0.25, 0.3) is 5.91 Å². The number of piperidine rings is 1. The summed E-state index contributed by atoms with van der Waals surface area (Å²) in [4.78, 5) is 37.8. The minimum atomic E-state index is -0.502. The van der Waals surface area contributed by atoms with Crippen LogP contribution in [0.1, 0.15) is 56.8 Å². The summed E-state index contributed by atoms with van der Waals surface area (Å²) in [5.74, 6) is -0.153. The van der Waals surface area contributed by atoms with Crippen LogP contribution in [0.15, 0.2) is 30.3 Å². The summed E-state index contributed by atoms with van der Waals surface area (Å²) in [5, 5.41) is 5.83. The van der Waals surface area contributed by atoms with Gasteiger partial charge in [-0.05, 0) is 52.2 Å². The largest absolute Gasteiger partial charge is 0.444 e. The average Bonchev–Trinajstić information content (AvgIpc) is 2.65. The lowest BCUT2D eigenvalue weighted by Gasteiger charge is -2.33. The maximum Gasteiger partial charge on any atom is 0.410 e. The van der Waals surface area contributed by atoms with Gasteiger partial charge in [-0.25, -0.2) is 4.79 Å². The first-order chi connectivity index (χ1) is 13.2. The topological polar surface area (TPSA) is 87.7 Å². The van der Waals surface area contributed by atoms with Crippen molar-refractivity contribution in [2.24, 2.45) is 0 Å². The van der Waals surface area contributed by atoms with Gasteiger partial charge in [-0.1, -0.05) is 18.2 Å². The van der Waals surface area contributed by atoms with Crippen LogP contribution in [0.4, 0.5) is 4.79 Å². The van der Waals surface area contributed by atoms with Gasteiger partial charge in [0.2, 0.25) is 5.91 Å². The van der Waals surface area contributed by atoms with Crippen LogP contribution in [0.25, 0.3) is 0 Å².